The molecule has 0 saturated heterocycles. The Kier molecular flexibility index (Phi) is 7.71. The summed E-state index contributed by atoms with van der Waals surface area (Å²) >= 11 is 0. The molecule has 0 spiro atoms. The lowest BCUT2D eigenvalue weighted by molar-refractivity contribution is 0.380. The summed E-state index contributed by atoms with van der Waals surface area (Å²) in [5.41, 5.74) is 2.41. The quantitative estimate of drug-likeness (QED) is 0.180. The number of hydrogen-bond donors (Lipinski definition) is 0. The molecule has 3 heteroatoms. The zero-order chi connectivity index (χ0) is 29.2. The van der Waals surface area contributed by atoms with Crippen LogP contribution in [0.25, 0.3) is 0 Å². The normalized spacial score (nSPS) is 15.4. The number of para-hydroxylation sites is 1. The molecule has 1 aliphatic heterocycles. The lowest BCUT2D eigenvalue weighted by Gasteiger charge is -2.39. The number of rotatable bonds is 6. The highest BCUT2D eigenvalue weighted by Gasteiger charge is 2.41. The van der Waals surface area contributed by atoms with Gasteiger partial charge in [-0.25, -0.2) is 0 Å². The Morgan fingerprint density at radius 1 is 0.558 bits per heavy atom. The summed E-state index contributed by atoms with van der Waals surface area (Å²) in [7, 11) is -1.67. The first kappa shape index (κ1) is 27.8. The van der Waals surface area contributed by atoms with Crippen molar-refractivity contribution in [2.24, 2.45) is 0 Å². The van der Waals surface area contributed by atoms with Gasteiger partial charge in [-0.15, -0.1) is 0 Å². The second kappa shape index (κ2) is 11.9. The van der Waals surface area contributed by atoms with Crippen molar-refractivity contribution in [1.82, 2.24) is 0 Å². The van der Waals surface area contributed by atoms with E-state index in [2.05, 4.69) is 172 Å². The molecule has 0 atom stereocenters. The fourth-order valence-electron chi connectivity index (χ4n) is 6.22. The molecular formula is C40H34OP2. The molecule has 7 rings (SSSR count). The summed E-state index contributed by atoms with van der Waals surface area (Å²) in [4.78, 5) is 0. The molecule has 0 N–H and O–H groups in total. The molecule has 210 valence electrons. The molecule has 1 aliphatic carbocycles. The van der Waals surface area contributed by atoms with E-state index in [0.29, 0.717) is 0 Å². The molecular weight excluding hydrogens is 558 g/mol. The smallest absolute Gasteiger partial charge is 0.139 e. The largest absolute Gasteiger partial charge is 0.456 e. The number of ether oxygens (including phenoxy) is 1. The van der Waals surface area contributed by atoms with Crippen LogP contribution in [0, 0.1) is 0 Å². The van der Waals surface area contributed by atoms with Gasteiger partial charge in [0.2, 0.25) is 0 Å². The third kappa shape index (κ3) is 5.23. The predicted octanol–water partition coefficient (Wildman–Crippen LogP) is 8.35. The highest BCUT2D eigenvalue weighted by atomic mass is 31.1. The Morgan fingerprint density at radius 3 is 1.56 bits per heavy atom. The van der Waals surface area contributed by atoms with Crippen LogP contribution in [0.5, 0.6) is 5.75 Å². The van der Waals surface area contributed by atoms with Crippen molar-refractivity contribution in [3.05, 3.63) is 180 Å². The van der Waals surface area contributed by atoms with E-state index < -0.39 is 15.8 Å². The van der Waals surface area contributed by atoms with Gasteiger partial charge in [0.05, 0.1) is 0 Å². The summed E-state index contributed by atoms with van der Waals surface area (Å²) in [6.45, 7) is 4.76. The third-order valence-corrected chi connectivity index (χ3v) is 13.3. The average molecular weight is 593 g/mol. The van der Waals surface area contributed by atoms with Gasteiger partial charge in [0, 0.05) is 21.6 Å². The first-order valence-corrected chi connectivity index (χ1v) is 17.5. The average Bonchev–Trinajstić information content (AvgIpc) is 3.27. The SMILES string of the molecule is CC1(C)C2=C(Oc3c(P(c4ccccc4)c4ccccc4)cccc31)C(P(c1ccccc1)c1ccccc1)=CC=CC2. The Morgan fingerprint density at radius 2 is 1.05 bits per heavy atom. The molecule has 0 saturated carbocycles. The van der Waals surface area contributed by atoms with Gasteiger partial charge >= 0.3 is 0 Å². The monoisotopic (exact) mass is 592 g/mol. The predicted molar refractivity (Wildman–Crippen MR) is 187 cm³/mol. The van der Waals surface area contributed by atoms with E-state index in [0.717, 1.165) is 17.9 Å². The Hall–Kier alpha value is -4.02. The maximum absolute atomic E-state index is 7.35. The first-order chi connectivity index (χ1) is 21.1. The van der Waals surface area contributed by atoms with E-state index in [-0.39, 0.29) is 5.41 Å². The van der Waals surface area contributed by atoms with Crippen LogP contribution in [0.2, 0.25) is 0 Å². The number of hydrogen-bond acceptors (Lipinski definition) is 1. The molecule has 0 fully saturated rings. The summed E-state index contributed by atoms with van der Waals surface area (Å²) < 4.78 is 7.35. The molecule has 43 heavy (non-hydrogen) atoms. The van der Waals surface area contributed by atoms with E-state index in [4.69, 9.17) is 4.74 Å². The molecule has 0 aromatic heterocycles. The highest BCUT2D eigenvalue weighted by Crippen LogP contribution is 2.55. The van der Waals surface area contributed by atoms with Crippen LogP contribution in [-0.4, -0.2) is 0 Å². The summed E-state index contributed by atoms with van der Waals surface area (Å²) in [6, 6.07) is 50.6. The minimum Gasteiger partial charge on any atom is -0.456 e. The van der Waals surface area contributed by atoms with Crippen LogP contribution in [0.4, 0.5) is 0 Å². The van der Waals surface area contributed by atoms with Gasteiger partial charge in [-0.05, 0) is 49.1 Å². The molecule has 0 radical (unpaired) electrons. The van der Waals surface area contributed by atoms with Crippen LogP contribution in [-0.2, 0) is 5.41 Å². The Bertz CT molecular complexity index is 1740. The van der Waals surface area contributed by atoms with Crippen molar-refractivity contribution in [3.63, 3.8) is 0 Å². The molecule has 0 amide bonds. The van der Waals surface area contributed by atoms with Gasteiger partial charge in [0.15, 0.2) is 0 Å². The zero-order valence-corrected chi connectivity index (χ0v) is 26.3. The number of allylic oxidation sites excluding steroid dienone is 5. The van der Waals surface area contributed by atoms with Crippen molar-refractivity contribution in [2.75, 3.05) is 0 Å². The van der Waals surface area contributed by atoms with E-state index >= 15 is 0 Å². The Labute approximate surface area is 257 Å². The molecule has 0 bridgehead atoms. The van der Waals surface area contributed by atoms with Gasteiger partial charge in [-0.3, -0.25) is 0 Å². The topological polar surface area (TPSA) is 9.23 Å². The second-order valence-electron chi connectivity index (χ2n) is 11.4. The van der Waals surface area contributed by atoms with Crippen LogP contribution < -0.4 is 31.3 Å². The summed E-state index contributed by atoms with van der Waals surface area (Å²) in [5, 5.41) is 7.85. The molecule has 0 unspecified atom stereocenters. The summed E-state index contributed by atoms with van der Waals surface area (Å²) in [6.07, 6.45) is 7.72. The lowest BCUT2D eigenvalue weighted by Crippen LogP contribution is -2.33. The van der Waals surface area contributed by atoms with Crippen LogP contribution in [0.15, 0.2) is 174 Å². The van der Waals surface area contributed by atoms with Gasteiger partial charge < -0.3 is 4.74 Å². The van der Waals surface area contributed by atoms with Gasteiger partial charge in [0.25, 0.3) is 0 Å². The van der Waals surface area contributed by atoms with Gasteiger partial charge in [-0.2, -0.15) is 0 Å². The fraction of sp³-hybridized carbons (Fsp3) is 0.100. The first-order valence-electron chi connectivity index (χ1n) is 14.9. The van der Waals surface area contributed by atoms with Crippen molar-refractivity contribution >= 4 is 42.4 Å². The summed E-state index contributed by atoms with van der Waals surface area (Å²) in [5.74, 6) is 2.07. The minimum absolute atomic E-state index is 0.199. The number of fused-ring (bicyclic) bond motifs is 1. The van der Waals surface area contributed by atoms with E-state index in [1.807, 2.05) is 0 Å². The van der Waals surface area contributed by atoms with Crippen LogP contribution in [0.3, 0.4) is 0 Å². The standard InChI is InChI=1S/C40H34OP2/c1-40(2)34-26-15-16-28-36(42(30-18-7-3-8-19-30)31-20-9-4-10-21-31)38(34)41-39-35(40)27-17-29-37(39)43(32-22-11-5-12-23-32)33-24-13-6-14-25-33/h3-25,27-29H,26H2,1-2H3. The Balaban J connectivity index is 1.43. The van der Waals surface area contributed by atoms with Gasteiger partial charge in [0.1, 0.15) is 11.5 Å². The van der Waals surface area contributed by atoms with E-state index in [9.17, 15) is 0 Å². The zero-order valence-electron chi connectivity index (χ0n) is 24.5. The fourth-order valence-corrected chi connectivity index (χ4v) is 11.0. The molecule has 2 aliphatic rings. The van der Waals surface area contributed by atoms with E-state index in [1.54, 1.807) is 0 Å². The molecule has 1 nitrogen and oxygen atoms in total. The van der Waals surface area contributed by atoms with Crippen LogP contribution >= 0.6 is 15.8 Å². The maximum Gasteiger partial charge on any atom is 0.139 e. The third-order valence-electron chi connectivity index (χ3n) is 8.38. The lowest BCUT2D eigenvalue weighted by atomic mass is 9.74. The molecule has 5 aromatic carbocycles. The maximum atomic E-state index is 7.35. The molecule has 5 aromatic rings. The van der Waals surface area contributed by atoms with Gasteiger partial charge in [-0.1, -0.05) is 172 Å². The highest BCUT2D eigenvalue weighted by molar-refractivity contribution is 7.80. The van der Waals surface area contributed by atoms with E-state index in [1.165, 1.54) is 43.0 Å². The van der Waals surface area contributed by atoms with Crippen molar-refractivity contribution < 1.29 is 4.74 Å². The second-order valence-corrected chi connectivity index (χ2v) is 15.8. The molecule has 1 heterocycles. The minimum atomic E-state index is -0.841. The van der Waals surface area contributed by atoms with Crippen molar-refractivity contribution in [1.29, 1.82) is 0 Å². The van der Waals surface area contributed by atoms with Crippen molar-refractivity contribution in [2.45, 2.75) is 25.7 Å². The van der Waals surface area contributed by atoms with Crippen LogP contribution in [0.1, 0.15) is 25.8 Å². The van der Waals surface area contributed by atoms with Crippen molar-refractivity contribution in [3.8, 4) is 5.75 Å². The number of benzene rings is 5.